The third kappa shape index (κ3) is 3.60. The Morgan fingerprint density at radius 1 is 1.19 bits per heavy atom. The molecule has 110 valence electrons. The first kappa shape index (κ1) is 15.0. The van der Waals surface area contributed by atoms with Crippen molar-refractivity contribution in [1.29, 1.82) is 0 Å². The van der Waals surface area contributed by atoms with Gasteiger partial charge in [0.05, 0.1) is 12.2 Å². The van der Waals surface area contributed by atoms with Gasteiger partial charge in [-0.25, -0.2) is 0 Å². The fraction of sp³-hybridized carbons (Fsp3) is 0.294. The summed E-state index contributed by atoms with van der Waals surface area (Å²) in [7, 11) is 0. The number of nitrogens with zero attached hydrogens (tertiary/aromatic N) is 2. The van der Waals surface area contributed by atoms with Crippen molar-refractivity contribution in [1.82, 2.24) is 4.57 Å². The molecular formula is C17H20N2O2. The largest absolute Gasteiger partial charge is 0.493 e. The van der Waals surface area contributed by atoms with Gasteiger partial charge in [-0.15, -0.1) is 0 Å². The monoisotopic (exact) mass is 284 g/mol. The predicted octanol–water partition coefficient (Wildman–Crippen LogP) is 2.88. The topological polar surface area (TPSA) is 43.6 Å². The van der Waals surface area contributed by atoms with Crippen LogP contribution in [-0.4, -0.2) is 23.1 Å². The first-order valence-corrected chi connectivity index (χ1v) is 7.11. The number of aromatic nitrogens is 1. The Balaban J connectivity index is 2.51. The van der Waals surface area contributed by atoms with E-state index in [2.05, 4.69) is 4.99 Å². The van der Waals surface area contributed by atoms with Crippen LogP contribution in [0.1, 0.15) is 31.1 Å². The molecule has 1 heterocycles. The molecule has 0 unspecified atom stereocenters. The van der Waals surface area contributed by atoms with E-state index in [1.165, 1.54) is 0 Å². The average Bonchev–Trinajstić information content (AvgIpc) is 2.47. The molecule has 0 atom stereocenters. The van der Waals surface area contributed by atoms with Gasteiger partial charge in [-0.3, -0.25) is 14.4 Å². The summed E-state index contributed by atoms with van der Waals surface area (Å²) in [6.45, 7) is 6.38. The molecule has 0 fully saturated rings. The van der Waals surface area contributed by atoms with Crippen LogP contribution in [0.5, 0.6) is 5.75 Å². The molecule has 0 bridgehead atoms. The third-order valence-electron chi connectivity index (χ3n) is 2.86. The molecule has 1 aromatic carbocycles. The Labute approximate surface area is 124 Å². The van der Waals surface area contributed by atoms with Gasteiger partial charge in [-0.2, -0.15) is 0 Å². The third-order valence-corrected chi connectivity index (χ3v) is 2.86. The number of rotatable bonds is 4. The van der Waals surface area contributed by atoms with Crippen molar-refractivity contribution < 1.29 is 9.53 Å². The normalized spacial score (nSPS) is 11.7. The molecule has 0 radical (unpaired) electrons. The van der Waals surface area contributed by atoms with Crippen LogP contribution < -0.4 is 10.2 Å². The first-order valence-electron chi connectivity index (χ1n) is 7.11. The molecule has 0 aliphatic heterocycles. The van der Waals surface area contributed by atoms with Crippen molar-refractivity contribution in [3.8, 4) is 5.75 Å². The SMILES string of the molecule is CCOc1ccccc1C(=O)n1ccccc1=NC(C)C. The number of carbonyl (C=O) groups is 1. The van der Waals surface area contributed by atoms with Crippen molar-refractivity contribution in [3.63, 3.8) is 0 Å². The van der Waals surface area contributed by atoms with E-state index in [1.807, 2.05) is 51.1 Å². The molecule has 0 aliphatic rings. The molecule has 2 rings (SSSR count). The number of pyridine rings is 1. The van der Waals surface area contributed by atoms with Crippen molar-refractivity contribution >= 4 is 5.91 Å². The summed E-state index contributed by atoms with van der Waals surface area (Å²) < 4.78 is 7.09. The molecule has 21 heavy (non-hydrogen) atoms. The van der Waals surface area contributed by atoms with Gasteiger partial charge < -0.3 is 4.74 Å². The Morgan fingerprint density at radius 2 is 1.90 bits per heavy atom. The molecule has 4 nitrogen and oxygen atoms in total. The van der Waals surface area contributed by atoms with Gasteiger partial charge in [0.25, 0.3) is 5.91 Å². The van der Waals surface area contributed by atoms with E-state index >= 15 is 0 Å². The summed E-state index contributed by atoms with van der Waals surface area (Å²) in [6.07, 6.45) is 1.73. The minimum atomic E-state index is -0.140. The molecule has 0 N–H and O–H groups in total. The molecule has 0 spiro atoms. The number of para-hydroxylation sites is 1. The summed E-state index contributed by atoms with van der Waals surface area (Å²) in [5, 5.41) is 0. The summed E-state index contributed by atoms with van der Waals surface area (Å²) in [4.78, 5) is 17.3. The molecular weight excluding hydrogens is 264 g/mol. The molecule has 0 saturated carbocycles. The van der Waals surface area contributed by atoms with Gasteiger partial charge in [0.15, 0.2) is 0 Å². The number of hydrogen-bond donors (Lipinski definition) is 0. The van der Waals surface area contributed by atoms with E-state index in [1.54, 1.807) is 22.9 Å². The van der Waals surface area contributed by atoms with E-state index in [0.29, 0.717) is 23.4 Å². The highest BCUT2D eigenvalue weighted by Crippen LogP contribution is 2.18. The zero-order chi connectivity index (χ0) is 15.2. The second-order valence-corrected chi connectivity index (χ2v) is 4.89. The summed E-state index contributed by atoms with van der Waals surface area (Å²) in [6, 6.07) is 12.9. The van der Waals surface area contributed by atoms with Gasteiger partial charge in [-0.05, 0) is 45.0 Å². The lowest BCUT2D eigenvalue weighted by Crippen LogP contribution is -2.28. The van der Waals surface area contributed by atoms with Gasteiger partial charge >= 0.3 is 0 Å². The minimum absolute atomic E-state index is 0.119. The first-order chi connectivity index (χ1) is 10.1. The van der Waals surface area contributed by atoms with Crippen LogP contribution in [0, 0.1) is 0 Å². The van der Waals surface area contributed by atoms with Gasteiger partial charge in [0, 0.05) is 12.2 Å². The fourth-order valence-electron chi connectivity index (χ4n) is 2.03. The Bertz CT molecular complexity index is 687. The number of carbonyl (C=O) groups excluding carboxylic acids is 1. The number of ether oxygens (including phenoxy) is 1. The van der Waals surface area contributed by atoms with Crippen molar-refractivity contribution in [2.45, 2.75) is 26.8 Å². The van der Waals surface area contributed by atoms with Gasteiger partial charge in [0.1, 0.15) is 11.2 Å². The highest BCUT2D eigenvalue weighted by Gasteiger charge is 2.14. The van der Waals surface area contributed by atoms with E-state index in [4.69, 9.17) is 4.74 Å². The van der Waals surface area contributed by atoms with E-state index < -0.39 is 0 Å². The second kappa shape index (κ2) is 6.88. The minimum Gasteiger partial charge on any atom is -0.493 e. The molecule has 0 aliphatic carbocycles. The highest BCUT2D eigenvalue weighted by atomic mass is 16.5. The van der Waals surface area contributed by atoms with Gasteiger partial charge in [0.2, 0.25) is 0 Å². The summed E-state index contributed by atoms with van der Waals surface area (Å²) in [5.74, 6) is 0.455. The van der Waals surface area contributed by atoms with Crippen LogP contribution in [0.2, 0.25) is 0 Å². The van der Waals surface area contributed by atoms with Crippen LogP contribution in [0.3, 0.4) is 0 Å². The molecule has 1 aromatic heterocycles. The fourth-order valence-corrected chi connectivity index (χ4v) is 2.03. The van der Waals surface area contributed by atoms with Crippen LogP contribution in [0.15, 0.2) is 53.7 Å². The maximum atomic E-state index is 12.8. The van der Waals surface area contributed by atoms with E-state index in [9.17, 15) is 4.79 Å². The molecule has 2 aromatic rings. The smallest absolute Gasteiger partial charge is 0.267 e. The lowest BCUT2D eigenvalue weighted by Gasteiger charge is -2.11. The number of hydrogen-bond acceptors (Lipinski definition) is 3. The molecule has 0 saturated heterocycles. The standard InChI is InChI=1S/C17H20N2O2/c1-4-21-15-10-6-5-9-14(15)17(20)19-12-8-7-11-16(19)18-13(2)3/h5-13H,4H2,1-3H3. The number of benzene rings is 1. The Morgan fingerprint density at radius 3 is 2.62 bits per heavy atom. The highest BCUT2D eigenvalue weighted by molar-refractivity contribution is 5.98. The maximum absolute atomic E-state index is 12.8. The predicted molar refractivity (Wildman–Crippen MR) is 82.5 cm³/mol. The lowest BCUT2D eigenvalue weighted by atomic mass is 10.2. The quantitative estimate of drug-likeness (QED) is 0.866. The maximum Gasteiger partial charge on any atom is 0.267 e. The van der Waals surface area contributed by atoms with Crippen molar-refractivity contribution in [3.05, 3.63) is 59.7 Å². The average molecular weight is 284 g/mol. The van der Waals surface area contributed by atoms with Crippen LogP contribution in [0.4, 0.5) is 0 Å². The molecule has 4 heteroatoms. The Hall–Kier alpha value is -2.36. The van der Waals surface area contributed by atoms with Crippen LogP contribution in [0.25, 0.3) is 0 Å². The summed E-state index contributed by atoms with van der Waals surface area (Å²) in [5.41, 5.74) is 1.18. The Kier molecular flexibility index (Phi) is 4.93. The lowest BCUT2D eigenvalue weighted by molar-refractivity contribution is 0.0951. The van der Waals surface area contributed by atoms with E-state index in [0.717, 1.165) is 0 Å². The zero-order valence-corrected chi connectivity index (χ0v) is 12.6. The molecule has 0 amide bonds. The van der Waals surface area contributed by atoms with Crippen LogP contribution >= 0.6 is 0 Å². The van der Waals surface area contributed by atoms with E-state index in [-0.39, 0.29) is 11.9 Å². The van der Waals surface area contributed by atoms with Crippen LogP contribution in [-0.2, 0) is 0 Å². The zero-order valence-electron chi connectivity index (χ0n) is 12.6. The van der Waals surface area contributed by atoms with Crippen molar-refractivity contribution in [2.24, 2.45) is 4.99 Å². The summed E-state index contributed by atoms with van der Waals surface area (Å²) >= 11 is 0. The second-order valence-electron chi connectivity index (χ2n) is 4.89. The van der Waals surface area contributed by atoms with Gasteiger partial charge in [-0.1, -0.05) is 18.2 Å². The van der Waals surface area contributed by atoms with Crippen molar-refractivity contribution in [2.75, 3.05) is 6.61 Å².